The van der Waals surface area contributed by atoms with E-state index in [1.165, 1.54) is 0 Å². The van der Waals surface area contributed by atoms with Gasteiger partial charge in [-0.15, -0.1) is 0 Å². The van der Waals surface area contributed by atoms with Crippen LogP contribution in [-0.4, -0.2) is 82.6 Å². The van der Waals surface area contributed by atoms with Gasteiger partial charge in [0.05, 0.1) is 17.7 Å². The van der Waals surface area contributed by atoms with Gasteiger partial charge in [0.15, 0.2) is 0 Å². The molecule has 0 spiro atoms. The fourth-order valence-electron chi connectivity index (χ4n) is 4.59. The Balaban J connectivity index is 1.40. The van der Waals surface area contributed by atoms with Crippen LogP contribution in [-0.2, 0) is 19.1 Å². The molecule has 0 aromatic heterocycles. The Hall–Kier alpha value is -3.07. The van der Waals surface area contributed by atoms with Gasteiger partial charge in [0.1, 0.15) is 18.7 Å². The molecule has 2 saturated heterocycles. The van der Waals surface area contributed by atoms with E-state index in [1.807, 2.05) is 11.8 Å². The second-order valence-electron chi connectivity index (χ2n) is 7.92. The predicted molar refractivity (Wildman–Crippen MR) is 108 cm³/mol. The summed E-state index contributed by atoms with van der Waals surface area (Å²) in [6.07, 6.45) is 1.78. The monoisotopic (exact) mass is 427 g/mol. The number of esters is 1. The molecule has 0 saturated carbocycles. The van der Waals surface area contributed by atoms with Crippen LogP contribution < -0.4 is 0 Å². The van der Waals surface area contributed by atoms with Crippen LogP contribution in [0.4, 0.5) is 0 Å². The maximum absolute atomic E-state index is 13.0. The molecular weight excluding hydrogens is 402 g/mol. The molecule has 3 aliphatic heterocycles. The fourth-order valence-corrected chi connectivity index (χ4v) is 4.59. The molecule has 4 rings (SSSR count). The van der Waals surface area contributed by atoms with Crippen LogP contribution in [0.5, 0.6) is 0 Å². The summed E-state index contributed by atoms with van der Waals surface area (Å²) in [6, 6.07) is 5.09. The topological polar surface area (TPSA) is 104 Å². The van der Waals surface area contributed by atoms with Crippen LogP contribution in [0.1, 0.15) is 53.3 Å². The number of ether oxygens (including phenoxy) is 1. The van der Waals surface area contributed by atoms with E-state index in [1.54, 1.807) is 24.3 Å². The van der Waals surface area contributed by atoms with E-state index in [0.29, 0.717) is 0 Å². The average Bonchev–Trinajstić information content (AvgIpc) is 3.35. The lowest BCUT2D eigenvalue weighted by Crippen LogP contribution is -2.56. The highest BCUT2D eigenvalue weighted by molar-refractivity contribution is 6.23. The molecular formula is C22H25N3O6. The van der Waals surface area contributed by atoms with Crippen molar-refractivity contribution in [3.05, 3.63) is 35.4 Å². The lowest BCUT2D eigenvalue weighted by Gasteiger charge is -2.34. The number of carbonyl (C=O) groups is 5. The normalized spacial score (nSPS) is 24.2. The molecule has 31 heavy (non-hydrogen) atoms. The smallest absolute Gasteiger partial charge is 0.323 e. The molecule has 9 heteroatoms. The van der Waals surface area contributed by atoms with Crippen LogP contribution >= 0.6 is 0 Å². The van der Waals surface area contributed by atoms with Gasteiger partial charge in [0.25, 0.3) is 17.7 Å². The number of fused-ring (bicyclic) bond motifs is 1. The number of benzene rings is 1. The number of likely N-dealkylation sites (tertiary alicyclic amines) is 2. The minimum atomic E-state index is -1.04. The van der Waals surface area contributed by atoms with Crippen molar-refractivity contribution in [3.63, 3.8) is 0 Å². The van der Waals surface area contributed by atoms with Crippen molar-refractivity contribution in [1.29, 1.82) is 0 Å². The van der Waals surface area contributed by atoms with Gasteiger partial charge in [-0.3, -0.25) is 38.7 Å². The summed E-state index contributed by atoms with van der Waals surface area (Å²) in [5.74, 6) is -2.42. The zero-order chi connectivity index (χ0) is 22.1. The molecule has 0 N–H and O–H groups in total. The van der Waals surface area contributed by atoms with E-state index in [2.05, 4.69) is 0 Å². The van der Waals surface area contributed by atoms with E-state index in [-0.39, 0.29) is 49.1 Å². The van der Waals surface area contributed by atoms with Crippen molar-refractivity contribution in [2.75, 3.05) is 26.2 Å². The highest BCUT2D eigenvalue weighted by atomic mass is 16.5. The van der Waals surface area contributed by atoms with Gasteiger partial charge >= 0.3 is 5.97 Å². The Morgan fingerprint density at radius 2 is 1.74 bits per heavy atom. The molecule has 1 aromatic rings. The molecule has 0 bridgehead atoms. The van der Waals surface area contributed by atoms with E-state index < -0.39 is 29.7 Å². The summed E-state index contributed by atoms with van der Waals surface area (Å²) in [7, 11) is 0. The lowest BCUT2D eigenvalue weighted by molar-refractivity contribution is -0.157. The molecule has 2 fully saturated rings. The molecule has 4 amide bonds. The Bertz CT molecular complexity index is 910. The Morgan fingerprint density at radius 1 is 1.06 bits per heavy atom. The van der Waals surface area contributed by atoms with Crippen molar-refractivity contribution < 1.29 is 28.7 Å². The third-order valence-corrected chi connectivity index (χ3v) is 6.22. The first-order valence-corrected chi connectivity index (χ1v) is 10.7. The number of likely N-dealkylation sites (N-methyl/N-ethyl adjacent to an activating group) is 1. The van der Waals surface area contributed by atoms with Crippen molar-refractivity contribution in [1.82, 2.24) is 14.7 Å². The third kappa shape index (κ3) is 3.74. The first kappa shape index (κ1) is 21.2. The summed E-state index contributed by atoms with van der Waals surface area (Å²) in [4.78, 5) is 67.1. The highest BCUT2D eigenvalue weighted by Crippen LogP contribution is 2.29. The van der Waals surface area contributed by atoms with E-state index in [0.717, 1.165) is 35.7 Å². The number of hydrogen-bond donors (Lipinski definition) is 0. The van der Waals surface area contributed by atoms with Crippen LogP contribution in [0.15, 0.2) is 24.3 Å². The molecule has 0 radical (unpaired) electrons. The lowest BCUT2D eigenvalue weighted by atomic mass is 10.0. The Kier molecular flexibility index (Phi) is 5.86. The number of hydrogen-bond acceptors (Lipinski definition) is 7. The van der Waals surface area contributed by atoms with Gasteiger partial charge in [-0.1, -0.05) is 19.1 Å². The zero-order valence-electron chi connectivity index (χ0n) is 17.4. The average molecular weight is 427 g/mol. The maximum atomic E-state index is 13.0. The molecule has 3 aliphatic rings. The van der Waals surface area contributed by atoms with Gasteiger partial charge in [-0.2, -0.15) is 0 Å². The van der Waals surface area contributed by atoms with Gasteiger partial charge < -0.3 is 4.74 Å². The first-order valence-electron chi connectivity index (χ1n) is 10.7. The summed E-state index contributed by atoms with van der Waals surface area (Å²) >= 11 is 0. The third-order valence-electron chi connectivity index (χ3n) is 6.22. The largest absolute Gasteiger partial charge is 0.463 e. The molecule has 3 heterocycles. The molecule has 0 aliphatic carbocycles. The predicted octanol–water partition coefficient (Wildman–Crippen LogP) is 0.828. The van der Waals surface area contributed by atoms with Crippen LogP contribution in [0.25, 0.3) is 0 Å². The van der Waals surface area contributed by atoms with Crippen molar-refractivity contribution >= 4 is 29.6 Å². The van der Waals surface area contributed by atoms with Crippen LogP contribution in [0.3, 0.4) is 0 Å². The van der Waals surface area contributed by atoms with Crippen LogP contribution in [0.2, 0.25) is 0 Å². The Labute approximate surface area is 179 Å². The van der Waals surface area contributed by atoms with E-state index in [9.17, 15) is 24.0 Å². The fraction of sp³-hybridized carbons (Fsp3) is 0.500. The van der Waals surface area contributed by atoms with E-state index in [4.69, 9.17) is 4.74 Å². The van der Waals surface area contributed by atoms with E-state index >= 15 is 0 Å². The highest BCUT2D eigenvalue weighted by Gasteiger charge is 2.46. The van der Waals surface area contributed by atoms with Crippen molar-refractivity contribution in [2.24, 2.45) is 0 Å². The van der Waals surface area contributed by atoms with Gasteiger partial charge in [-0.25, -0.2) is 0 Å². The molecule has 164 valence electrons. The number of nitrogens with zero attached hydrogens (tertiary/aromatic N) is 3. The van der Waals surface area contributed by atoms with Crippen molar-refractivity contribution in [3.8, 4) is 0 Å². The minimum Gasteiger partial charge on any atom is -0.463 e. The maximum Gasteiger partial charge on any atom is 0.323 e. The first-order chi connectivity index (χ1) is 14.9. The van der Waals surface area contributed by atoms with Crippen molar-refractivity contribution in [2.45, 2.75) is 44.7 Å². The van der Waals surface area contributed by atoms with Gasteiger partial charge in [0, 0.05) is 6.42 Å². The zero-order valence-corrected chi connectivity index (χ0v) is 17.4. The summed E-state index contributed by atoms with van der Waals surface area (Å²) in [6.45, 7) is 3.38. The second kappa shape index (κ2) is 8.58. The number of carbonyl (C=O) groups excluding carboxylic acids is 5. The Morgan fingerprint density at radius 3 is 2.39 bits per heavy atom. The van der Waals surface area contributed by atoms with Gasteiger partial charge in [0.2, 0.25) is 5.91 Å². The summed E-state index contributed by atoms with van der Waals surface area (Å²) in [5.41, 5.74) is 0.518. The minimum absolute atomic E-state index is 0.0317. The number of rotatable bonds is 6. The molecule has 2 atom stereocenters. The standard InChI is InChI=1S/C22H25N3O6/c1-2-23-11-5-8-17(23)22(30)31-13-12-24-18(26)10-9-16(21(24)29)25-19(27)14-6-3-4-7-15(14)20(25)28/h3-4,6-7,16-17H,2,5,8-13H2,1H3/t16?,17-/m0/s1. The number of amides is 4. The summed E-state index contributed by atoms with van der Waals surface area (Å²) < 4.78 is 5.34. The van der Waals surface area contributed by atoms with Gasteiger partial charge in [-0.05, 0) is 44.5 Å². The van der Waals surface area contributed by atoms with Crippen LogP contribution in [0, 0.1) is 0 Å². The second-order valence-corrected chi connectivity index (χ2v) is 7.92. The summed E-state index contributed by atoms with van der Waals surface area (Å²) in [5, 5.41) is 0. The quantitative estimate of drug-likeness (QED) is 0.489. The molecule has 1 unspecified atom stereocenters. The SMILES string of the molecule is CCN1CCC[C@H]1C(=O)OCCN1C(=O)CCC(N2C(=O)c3ccccc3C2=O)C1=O. The molecule has 1 aromatic carbocycles. The number of imide groups is 2. The number of piperidine rings is 1. The molecule has 9 nitrogen and oxygen atoms in total.